The molecule has 0 radical (unpaired) electrons. The van der Waals surface area contributed by atoms with Crippen molar-refractivity contribution in [2.75, 3.05) is 18.9 Å². The average molecular weight is 347 g/mol. The van der Waals surface area contributed by atoms with Gasteiger partial charge < -0.3 is 10.1 Å². The minimum Gasteiger partial charge on any atom is -0.376 e. The lowest BCUT2D eigenvalue weighted by Crippen LogP contribution is -2.32. The molecule has 1 fully saturated rings. The van der Waals surface area contributed by atoms with Crippen LogP contribution in [0, 0.1) is 5.82 Å². The zero-order valence-corrected chi connectivity index (χ0v) is 13.9. The van der Waals surface area contributed by atoms with Gasteiger partial charge in [-0.3, -0.25) is 4.79 Å². The number of hydrogen-bond acceptors (Lipinski definition) is 5. The number of thioether (sulfide) groups is 1. The molecule has 2 heterocycles. The first kappa shape index (κ1) is 16.9. The second-order valence-corrected chi connectivity index (χ2v) is 6.49. The molecule has 1 atom stereocenters. The standard InChI is InChI=1S/C17H18FN3O2S/c18-13-5-3-12(4-6-13)15-7-8-17(21-20-15)24-11-16(22)19-10-14-2-1-9-23-14/h3-8,14H,1-2,9-11H2,(H,19,22)/t14-/m1/s1. The van der Waals surface area contributed by atoms with Gasteiger partial charge in [0.2, 0.25) is 5.91 Å². The average Bonchev–Trinajstić information content (AvgIpc) is 3.13. The number of nitrogens with zero attached hydrogens (tertiary/aromatic N) is 2. The van der Waals surface area contributed by atoms with Crippen molar-refractivity contribution >= 4 is 17.7 Å². The molecule has 1 aliphatic rings. The Balaban J connectivity index is 1.47. The molecule has 0 unspecified atom stereocenters. The van der Waals surface area contributed by atoms with Crippen LogP contribution in [0.15, 0.2) is 41.4 Å². The van der Waals surface area contributed by atoms with E-state index in [2.05, 4.69) is 15.5 Å². The molecule has 1 aromatic heterocycles. The number of benzene rings is 1. The van der Waals surface area contributed by atoms with Crippen LogP contribution in [0.4, 0.5) is 4.39 Å². The van der Waals surface area contributed by atoms with E-state index < -0.39 is 0 Å². The smallest absolute Gasteiger partial charge is 0.230 e. The molecule has 24 heavy (non-hydrogen) atoms. The summed E-state index contributed by atoms with van der Waals surface area (Å²) >= 11 is 1.33. The summed E-state index contributed by atoms with van der Waals surface area (Å²) in [7, 11) is 0. The Kier molecular flexibility index (Phi) is 5.77. The van der Waals surface area contributed by atoms with E-state index in [1.165, 1.54) is 23.9 Å². The zero-order valence-electron chi connectivity index (χ0n) is 13.1. The zero-order chi connectivity index (χ0) is 16.8. The summed E-state index contributed by atoms with van der Waals surface area (Å²) in [5.74, 6) is -0.0371. The van der Waals surface area contributed by atoms with Crippen molar-refractivity contribution in [3.8, 4) is 11.3 Å². The molecule has 126 valence electrons. The van der Waals surface area contributed by atoms with Crippen molar-refractivity contribution in [3.63, 3.8) is 0 Å². The van der Waals surface area contributed by atoms with E-state index in [4.69, 9.17) is 4.74 Å². The van der Waals surface area contributed by atoms with E-state index in [0.29, 0.717) is 17.3 Å². The first-order chi connectivity index (χ1) is 11.7. The van der Waals surface area contributed by atoms with Gasteiger partial charge in [0.05, 0.1) is 17.6 Å². The molecule has 7 heteroatoms. The highest BCUT2D eigenvalue weighted by Gasteiger charge is 2.16. The van der Waals surface area contributed by atoms with E-state index in [-0.39, 0.29) is 23.6 Å². The van der Waals surface area contributed by atoms with Crippen LogP contribution >= 0.6 is 11.8 Å². The van der Waals surface area contributed by atoms with Crippen LogP contribution in [-0.4, -0.2) is 41.1 Å². The van der Waals surface area contributed by atoms with Gasteiger partial charge in [-0.05, 0) is 49.2 Å². The molecule has 3 rings (SSSR count). The van der Waals surface area contributed by atoms with Gasteiger partial charge in [0.1, 0.15) is 10.8 Å². The van der Waals surface area contributed by atoms with Gasteiger partial charge in [-0.2, -0.15) is 0 Å². The fourth-order valence-electron chi connectivity index (χ4n) is 2.40. The maximum Gasteiger partial charge on any atom is 0.230 e. The largest absolute Gasteiger partial charge is 0.376 e. The highest BCUT2D eigenvalue weighted by atomic mass is 32.2. The SMILES string of the molecule is O=C(CSc1ccc(-c2ccc(F)cc2)nn1)NC[C@H]1CCCO1. The molecule has 0 bridgehead atoms. The van der Waals surface area contributed by atoms with Gasteiger partial charge in [0.15, 0.2) is 0 Å². The van der Waals surface area contributed by atoms with Gasteiger partial charge in [-0.15, -0.1) is 10.2 Å². The van der Waals surface area contributed by atoms with E-state index in [9.17, 15) is 9.18 Å². The lowest BCUT2D eigenvalue weighted by Gasteiger charge is -2.10. The summed E-state index contributed by atoms with van der Waals surface area (Å²) in [6, 6.07) is 9.71. The van der Waals surface area contributed by atoms with Crippen molar-refractivity contribution in [1.29, 1.82) is 0 Å². The number of carbonyl (C=O) groups excluding carboxylic acids is 1. The van der Waals surface area contributed by atoms with Gasteiger partial charge in [0, 0.05) is 18.7 Å². The predicted molar refractivity (Wildman–Crippen MR) is 90.1 cm³/mol. The number of carbonyl (C=O) groups is 1. The lowest BCUT2D eigenvalue weighted by atomic mass is 10.1. The molecule has 1 aliphatic heterocycles. The molecule has 1 saturated heterocycles. The Morgan fingerprint density at radius 2 is 2.08 bits per heavy atom. The highest BCUT2D eigenvalue weighted by molar-refractivity contribution is 7.99. The molecule has 0 aliphatic carbocycles. The molecule has 1 aromatic carbocycles. The Bertz CT molecular complexity index is 673. The summed E-state index contributed by atoms with van der Waals surface area (Å²) < 4.78 is 18.4. The number of amides is 1. The second-order valence-electron chi connectivity index (χ2n) is 5.49. The number of nitrogens with one attached hydrogen (secondary N) is 1. The van der Waals surface area contributed by atoms with Crippen molar-refractivity contribution < 1.29 is 13.9 Å². The Morgan fingerprint density at radius 3 is 2.75 bits per heavy atom. The first-order valence-corrected chi connectivity index (χ1v) is 8.80. The first-order valence-electron chi connectivity index (χ1n) is 7.81. The van der Waals surface area contributed by atoms with Crippen molar-refractivity contribution in [2.45, 2.75) is 24.0 Å². The highest BCUT2D eigenvalue weighted by Crippen LogP contribution is 2.20. The molecule has 0 saturated carbocycles. The van der Waals surface area contributed by atoms with Crippen LogP contribution in [-0.2, 0) is 9.53 Å². The predicted octanol–water partition coefficient (Wildman–Crippen LogP) is 2.67. The number of ether oxygens (including phenoxy) is 1. The maximum atomic E-state index is 12.9. The van der Waals surface area contributed by atoms with Gasteiger partial charge in [-0.1, -0.05) is 11.8 Å². The van der Waals surface area contributed by atoms with Gasteiger partial charge in [-0.25, -0.2) is 4.39 Å². The number of rotatable bonds is 6. The Hall–Kier alpha value is -1.99. The Morgan fingerprint density at radius 1 is 1.25 bits per heavy atom. The molecular formula is C17H18FN3O2S. The second kappa shape index (κ2) is 8.21. The molecule has 2 aromatic rings. The van der Waals surface area contributed by atoms with E-state index in [1.807, 2.05) is 12.1 Å². The van der Waals surface area contributed by atoms with Crippen LogP contribution in [0.5, 0.6) is 0 Å². The van der Waals surface area contributed by atoms with E-state index in [0.717, 1.165) is 25.0 Å². The number of aromatic nitrogens is 2. The summed E-state index contributed by atoms with van der Waals surface area (Å²) in [6.45, 7) is 1.35. The van der Waals surface area contributed by atoms with E-state index in [1.54, 1.807) is 12.1 Å². The van der Waals surface area contributed by atoms with Crippen LogP contribution in [0.2, 0.25) is 0 Å². The fourth-order valence-corrected chi connectivity index (χ4v) is 3.04. The minimum atomic E-state index is -0.284. The monoisotopic (exact) mass is 347 g/mol. The van der Waals surface area contributed by atoms with Crippen molar-refractivity contribution in [2.24, 2.45) is 0 Å². The topological polar surface area (TPSA) is 64.1 Å². The van der Waals surface area contributed by atoms with Crippen molar-refractivity contribution in [1.82, 2.24) is 15.5 Å². The van der Waals surface area contributed by atoms with E-state index >= 15 is 0 Å². The Labute approximate surface area is 144 Å². The van der Waals surface area contributed by atoms with Crippen LogP contribution in [0.3, 0.4) is 0 Å². The number of halogens is 1. The molecule has 5 nitrogen and oxygen atoms in total. The molecule has 1 amide bonds. The normalized spacial score (nSPS) is 17.0. The number of hydrogen-bond donors (Lipinski definition) is 1. The van der Waals surface area contributed by atoms with Crippen LogP contribution < -0.4 is 5.32 Å². The summed E-state index contributed by atoms with van der Waals surface area (Å²) in [4.78, 5) is 11.8. The van der Waals surface area contributed by atoms with Gasteiger partial charge >= 0.3 is 0 Å². The summed E-state index contributed by atoms with van der Waals surface area (Å²) in [5.41, 5.74) is 1.47. The molecule has 1 N–H and O–H groups in total. The van der Waals surface area contributed by atoms with Gasteiger partial charge in [0.25, 0.3) is 0 Å². The molecular weight excluding hydrogens is 329 g/mol. The van der Waals surface area contributed by atoms with Crippen molar-refractivity contribution in [3.05, 3.63) is 42.2 Å². The third-order valence-corrected chi connectivity index (χ3v) is 4.60. The maximum absolute atomic E-state index is 12.9. The fraction of sp³-hybridized carbons (Fsp3) is 0.353. The van der Waals surface area contributed by atoms with Crippen LogP contribution in [0.25, 0.3) is 11.3 Å². The summed E-state index contributed by atoms with van der Waals surface area (Å²) in [5, 5.41) is 11.8. The molecule has 0 spiro atoms. The quantitative estimate of drug-likeness (QED) is 0.814. The minimum absolute atomic E-state index is 0.0417. The lowest BCUT2D eigenvalue weighted by molar-refractivity contribution is -0.119. The third kappa shape index (κ3) is 4.75. The van der Waals surface area contributed by atoms with Crippen LogP contribution in [0.1, 0.15) is 12.8 Å². The summed E-state index contributed by atoms with van der Waals surface area (Å²) in [6.07, 6.45) is 2.21. The third-order valence-electron chi connectivity index (χ3n) is 3.68.